The average molecular weight is 470 g/mol. The second-order valence-corrected chi connectivity index (χ2v) is 6.79. The highest BCUT2D eigenvalue weighted by atomic mass is 16.6. The lowest BCUT2D eigenvalue weighted by Crippen LogP contribution is -2.32. The number of hydrogen-bond donors (Lipinski definition) is 2. The van der Waals surface area contributed by atoms with Crippen LogP contribution in [0.4, 0.5) is 9.59 Å². The summed E-state index contributed by atoms with van der Waals surface area (Å²) < 4.78 is 19.5. The molecule has 10 heteroatoms. The second kappa shape index (κ2) is 13.9. The fourth-order valence-corrected chi connectivity index (χ4v) is 2.78. The molecule has 2 atom stereocenters. The molecule has 180 valence electrons. The van der Waals surface area contributed by atoms with Gasteiger partial charge in [-0.1, -0.05) is 60.7 Å². The van der Waals surface area contributed by atoms with Crippen LogP contribution < -0.4 is 10.6 Å². The topological polar surface area (TPSA) is 129 Å². The monoisotopic (exact) mass is 470 g/mol. The van der Waals surface area contributed by atoms with Crippen LogP contribution in [0.5, 0.6) is 0 Å². The normalized spacial score (nSPS) is 12.2. The van der Waals surface area contributed by atoms with E-state index in [0.29, 0.717) is 11.1 Å². The molecule has 2 aromatic rings. The highest BCUT2D eigenvalue weighted by Gasteiger charge is 2.18. The Kier molecular flexibility index (Phi) is 10.6. The molecule has 0 saturated heterocycles. The maximum atomic E-state index is 12.0. The van der Waals surface area contributed by atoms with Crippen molar-refractivity contribution in [3.63, 3.8) is 0 Å². The summed E-state index contributed by atoms with van der Waals surface area (Å²) in [4.78, 5) is 47.3. The number of alkyl carbamates (subject to hydrolysis) is 2. The minimum Gasteiger partial charge on any atom is -0.460 e. The number of esters is 2. The van der Waals surface area contributed by atoms with E-state index in [1.54, 1.807) is 48.5 Å². The molecule has 34 heavy (non-hydrogen) atoms. The van der Waals surface area contributed by atoms with Gasteiger partial charge in [-0.25, -0.2) is 19.2 Å². The van der Waals surface area contributed by atoms with E-state index in [0.717, 1.165) is 12.2 Å². The van der Waals surface area contributed by atoms with Crippen molar-refractivity contribution in [2.75, 3.05) is 27.4 Å². The van der Waals surface area contributed by atoms with Crippen LogP contribution in [0.25, 0.3) is 0 Å². The van der Waals surface area contributed by atoms with Gasteiger partial charge in [0.1, 0.15) is 13.2 Å². The van der Waals surface area contributed by atoms with Crippen molar-refractivity contribution in [3.8, 4) is 0 Å². The molecule has 0 fully saturated rings. The summed E-state index contributed by atoms with van der Waals surface area (Å²) in [6.07, 6.45) is 0.455. The summed E-state index contributed by atoms with van der Waals surface area (Å²) in [5.41, 5.74) is 1.41. The Morgan fingerprint density at radius 1 is 0.676 bits per heavy atom. The molecule has 2 rings (SSSR count). The van der Waals surface area contributed by atoms with Crippen LogP contribution in [0.3, 0.4) is 0 Å². The molecule has 2 aromatic carbocycles. The third-order valence-corrected chi connectivity index (χ3v) is 4.50. The number of nitrogens with one attached hydrogen (secondary N) is 2. The van der Waals surface area contributed by atoms with Crippen LogP contribution in [-0.2, 0) is 28.5 Å². The molecule has 0 radical (unpaired) electrons. The van der Waals surface area contributed by atoms with Gasteiger partial charge in [-0.15, -0.1) is 0 Å². The first-order chi connectivity index (χ1) is 16.4. The first-order valence-corrected chi connectivity index (χ1v) is 10.2. The van der Waals surface area contributed by atoms with Crippen LogP contribution in [0.15, 0.2) is 72.8 Å². The summed E-state index contributed by atoms with van der Waals surface area (Å²) in [5, 5.41) is 5.15. The summed E-state index contributed by atoms with van der Waals surface area (Å²) in [5.74, 6) is -1.62. The van der Waals surface area contributed by atoms with E-state index >= 15 is 0 Å². The maximum absolute atomic E-state index is 12.0. The molecule has 0 heterocycles. The molecular weight excluding hydrogens is 444 g/mol. The number of amides is 2. The summed E-state index contributed by atoms with van der Waals surface area (Å²) in [6.45, 7) is -0.368. The molecule has 0 aromatic heterocycles. The highest BCUT2D eigenvalue weighted by molar-refractivity contribution is 5.91. The van der Waals surface area contributed by atoms with E-state index in [1.807, 2.05) is 12.1 Å². The third-order valence-electron chi connectivity index (χ3n) is 4.50. The van der Waals surface area contributed by atoms with Gasteiger partial charge in [-0.3, -0.25) is 0 Å². The van der Waals surface area contributed by atoms with Gasteiger partial charge in [0.05, 0.1) is 26.3 Å². The quantitative estimate of drug-likeness (QED) is 0.308. The Labute approximate surface area is 196 Å². The predicted molar refractivity (Wildman–Crippen MR) is 121 cm³/mol. The van der Waals surface area contributed by atoms with Gasteiger partial charge < -0.3 is 29.6 Å². The van der Waals surface area contributed by atoms with Crippen molar-refractivity contribution in [1.29, 1.82) is 0 Å². The molecule has 0 aliphatic heterocycles. The Morgan fingerprint density at radius 2 is 1.03 bits per heavy atom. The number of carbonyl (C=O) groups excluding carboxylic acids is 4. The zero-order valence-electron chi connectivity index (χ0n) is 18.8. The molecule has 0 saturated carbocycles. The molecule has 0 aliphatic carbocycles. The maximum Gasteiger partial charge on any atom is 0.407 e. The zero-order valence-corrected chi connectivity index (χ0v) is 18.8. The van der Waals surface area contributed by atoms with E-state index in [1.165, 1.54) is 14.2 Å². The Morgan fingerprint density at radius 3 is 1.35 bits per heavy atom. The molecule has 10 nitrogen and oxygen atoms in total. The van der Waals surface area contributed by atoms with Gasteiger partial charge in [-0.05, 0) is 11.1 Å². The average Bonchev–Trinajstić information content (AvgIpc) is 2.88. The van der Waals surface area contributed by atoms with E-state index in [4.69, 9.17) is 9.47 Å². The van der Waals surface area contributed by atoms with Gasteiger partial charge in [0, 0.05) is 12.2 Å². The molecule has 0 aliphatic rings. The van der Waals surface area contributed by atoms with Crippen LogP contribution in [0, 0.1) is 0 Å². The third kappa shape index (κ3) is 9.03. The van der Waals surface area contributed by atoms with Crippen molar-refractivity contribution >= 4 is 24.1 Å². The van der Waals surface area contributed by atoms with Crippen molar-refractivity contribution in [1.82, 2.24) is 10.6 Å². The Hall–Kier alpha value is -4.34. The number of rotatable bonds is 10. The number of ether oxygens (including phenoxy) is 4. The van der Waals surface area contributed by atoms with Crippen molar-refractivity contribution in [2.24, 2.45) is 0 Å². The van der Waals surface area contributed by atoms with E-state index in [9.17, 15) is 19.2 Å². The van der Waals surface area contributed by atoms with Crippen LogP contribution in [-0.4, -0.2) is 51.6 Å². The standard InChI is InChI=1S/C24H26N2O8/c1-31-23(29)25-19(17-9-5-3-6-10-17)15-33-21(27)13-14-22(28)34-16-20(26-24(30)32-2)18-11-7-4-8-12-18/h3-14,19-20H,15-16H2,1-2H3,(H,25,29)(H,26,30)/b14-13+/t19-,20-/m0/s1. The van der Waals surface area contributed by atoms with Crippen LogP contribution in [0.2, 0.25) is 0 Å². The van der Waals surface area contributed by atoms with E-state index in [2.05, 4.69) is 20.1 Å². The smallest absolute Gasteiger partial charge is 0.407 e. The SMILES string of the molecule is COC(=O)N[C@@H](COC(=O)/C=C/C(=O)OC[C@H](NC(=O)OC)c1ccccc1)c1ccccc1. The predicted octanol–water partition coefficient (Wildman–Crippen LogP) is 2.82. The van der Waals surface area contributed by atoms with Gasteiger partial charge in [0.2, 0.25) is 0 Å². The first kappa shape index (κ1) is 25.9. The number of benzene rings is 2. The lowest BCUT2D eigenvalue weighted by molar-refractivity contribution is -0.141. The Bertz CT molecular complexity index is 899. The van der Waals surface area contributed by atoms with Gasteiger partial charge in [0.15, 0.2) is 0 Å². The molecule has 0 unspecified atom stereocenters. The second-order valence-electron chi connectivity index (χ2n) is 6.79. The van der Waals surface area contributed by atoms with Crippen molar-refractivity contribution in [3.05, 3.63) is 83.9 Å². The highest BCUT2D eigenvalue weighted by Crippen LogP contribution is 2.14. The molecule has 0 bridgehead atoms. The zero-order chi connectivity index (χ0) is 24.8. The number of methoxy groups -OCH3 is 2. The van der Waals surface area contributed by atoms with Crippen LogP contribution in [0.1, 0.15) is 23.2 Å². The van der Waals surface area contributed by atoms with Crippen LogP contribution >= 0.6 is 0 Å². The first-order valence-electron chi connectivity index (χ1n) is 10.2. The molecule has 2 N–H and O–H groups in total. The Balaban J connectivity index is 1.89. The summed E-state index contributed by atoms with van der Waals surface area (Å²) in [7, 11) is 2.45. The minimum atomic E-state index is -0.808. The van der Waals surface area contributed by atoms with E-state index < -0.39 is 36.2 Å². The number of hydrogen-bond acceptors (Lipinski definition) is 8. The van der Waals surface area contributed by atoms with Gasteiger partial charge in [0.25, 0.3) is 0 Å². The largest absolute Gasteiger partial charge is 0.460 e. The summed E-state index contributed by atoms with van der Waals surface area (Å²) in [6, 6.07) is 16.5. The van der Waals surface area contributed by atoms with Gasteiger partial charge >= 0.3 is 24.1 Å². The van der Waals surface area contributed by atoms with Crippen molar-refractivity contribution in [2.45, 2.75) is 12.1 Å². The molecular formula is C24H26N2O8. The minimum absolute atomic E-state index is 0.184. The lowest BCUT2D eigenvalue weighted by atomic mass is 10.1. The fourth-order valence-electron chi connectivity index (χ4n) is 2.78. The van der Waals surface area contributed by atoms with Crippen molar-refractivity contribution < 1.29 is 38.1 Å². The lowest BCUT2D eigenvalue weighted by Gasteiger charge is -2.18. The molecule has 2 amide bonds. The summed E-state index contributed by atoms with van der Waals surface area (Å²) >= 11 is 0. The van der Waals surface area contributed by atoms with Gasteiger partial charge in [-0.2, -0.15) is 0 Å². The fraction of sp³-hybridized carbons (Fsp3) is 0.250. The van der Waals surface area contributed by atoms with E-state index in [-0.39, 0.29) is 13.2 Å². The molecule has 0 spiro atoms. The number of carbonyl (C=O) groups is 4.